The number of amides is 1. The zero-order valence-corrected chi connectivity index (χ0v) is 11.7. The number of carboxylic acid groups (broad SMARTS) is 1. The largest absolute Gasteiger partial charge is 0.478 e. The standard InChI is InChI=1S/C15H17F2NO3/c1-9-2-3-12(11(8-9)14(20)21)18-13(19)10-4-6-15(16,17)7-5-10/h2-3,8,10H,4-7H2,1H3,(H,18,19)(H,20,21). The number of carboxylic acids is 1. The van der Waals surface area contributed by atoms with Gasteiger partial charge in [-0.2, -0.15) is 0 Å². The van der Waals surface area contributed by atoms with Gasteiger partial charge in [0.1, 0.15) is 0 Å². The van der Waals surface area contributed by atoms with Gasteiger partial charge in [0, 0.05) is 18.8 Å². The van der Waals surface area contributed by atoms with E-state index in [9.17, 15) is 18.4 Å². The molecule has 0 unspecified atom stereocenters. The molecule has 1 aliphatic carbocycles. The molecule has 2 N–H and O–H groups in total. The molecule has 114 valence electrons. The first-order chi connectivity index (χ1) is 9.78. The average Bonchev–Trinajstić information content (AvgIpc) is 2.40. The second-order valence-corrected chi connectivity index (χ2v) is 5.47. The first kappa shape index (κ1) is 15.4. The third-order valence-corrected chi connectivity index (χ3v) is 3.75. The minimum Gasteiger partial charge on any atom is -0.478 e. The van der Waals surface area contributed by atoms with Gasteiger partial charge in [-0.1, -0.05) is 11.6 Å². The Morgan fingerprint density at radius 3 is 2.48 bits per heavy atom. The number of alkyl halides is 2. The summed E-state index contributed by atoms with van der Waals surface area (Å²) < 4.78 is 26.1. The van der Waals surface area contributed by atoms with Crippen LogP contribution in [0.4, 0.5) is 14.5 Å². The number of carbonyl (C=O) groups is 2. The van der Waals surface area contributed by atoms with Crippen molar-refractivity contribution in [2.24, 2.45) is 5.92 Å². The number of carbonyl (C=O) groups excluding carboxylic acids is 1. The maximum absolute atomic E-state index is 13.1. The van der Waals surface area contributed by atoms with Crippen LogP contribution in [0.2, 0.25) is 0 Å². The molecule has 1 aromatic carbocycles. The van der Waals surface area contributed by atoms with Gasteiger partial charge < -0.3 is 10.4 Å². The molecular formula is C15H17F2NO3. The molecular weight excluding hydrogens is 280 g/mol. The highest BCUT2D eigenvalue weighted by atomic mass is 19.3. The van der Waals surface area contributed by atoms with E-state index in [1.807, 2.05) is 0 Å². The van der Waals surface area contributed by atoms with Gasteiger partial charge in [0.2, 0.25) is 11.8 Å². The van der Waals surface area contributed by atoms with Gasteiger partial charge >= 0.3 is 5.97 Å². The second-order valence-electron chi connectivity index (χ2n) is 5.47. The number of nitrogens with one attached hydrogen (secondary N) is 1. The van der Waals surface area contributed by atoms with Crippen LogP contribution in [0.25, 0.3) is 0 Å². The van der Waals surface area contributed by atoms with Crippen LogP contribution in [0, 0.1) is 12.8 Å². The quantitative estimate of drug-likeness (QED) is 0.898. The Morgan fingerprint density at radius 1 is 1.29 bits per heavy atom. The Balaban J connectivity index is 2.08. The first-order valence-corrected chi connectivity index (χ1v) is 6.81. The number of aromatic carboxylic acids is 1. The summed E-state index contributed by atoms with van der Waals surface area (Å²) in [7, 11) is 0. The molecule has 0 spiro atoms. The molecule has 1 aromatic rings. The second kappa shape index (κ2) is 5.79. The van der Waals surface area contributed by atoms with Crippen LogP contribution in [-0.4, -0.2) is 22.9 Å². The molecule has 2 rings (SSSR count). The highest BCUT2D eigenvalue weighted by molar-refractivity contribution is 6.01. The first-order valence-electron chi connectivity index (χ1n) is 6.81. The van der Waals surface area contributed by atoms with E-state index in [4.69, 9.17) is 5.11 Å². The van der Waals surface area contributed by atoms with E-state index >= 15 is 0 Å². The van der Waals surface area contributed by atoms with Crippen molar-refractivity contribution in [3.8, 4) is 0 Å². The fourth-order valence-corrected chi connectivity index (χ4v) is 2.48. The van der Waals surface area contributed by atoms with E-state index in [1.165, 1.54) is 12.1 Å². The zero-order valence-electron chi connectivity index (χ0n) is 11.7. The van der Waals surface area contributed by atoms with E-state index in [1.54, 1.807) is 13.0 Å². The third kappa shape index (κ3) is 3.77. The number of hydrogen-bond donors (Lipinski definition) is 2. The van der Waals surface area contributed by atoms with Gasteiger partial charge in [0.25, 0.3) is 0 Å². The minimum absolute atomic E-state index is 0.00416. The lowest BCUT2D eigenvalue weighted by Crippen LogP contribution is -2.32. The molecule has 4 nitrogen and oxygen atoms in total. The number of halogens is 2. The van der Waals surface area contributed by atoms with E-state index in [2.05, 4.69) is 5.32 Å². The number of aryl methyl sites for hydroxylation is 1. The number of anilines is 1. The van der Waals surface area contributed by atoms with Gasteiger partial charge in [-0.25, -0.2) is 13.6 Å². The Bertz CT molecular complexity index is 562. The summed E-state index contributed by atoms with van der Waals surface area (Å²) in [6, 6.07) is 4.68. The van der Waals surface area contributed by atoms with Crippen molar-refractivity contribution in [2.75, 3.05) is 5.32 Å². The highest BCUT2D eigenvalue weighted by Crippen LogP contribution is 2.36. The predicted octanol–water partition coefficient (Wildman–Crippen LogP) is 3.46. The molecule has 1 fully saturated rings. The summed E-state index contributed by atoms with van der Waals surface area (Å²) >= 11 is 0. The van der Waals surface area contributed by atoms with Crippen molar-refractivity contribution in [1.82, 2.24) is 0 Å². The number of benzene rings is 1. The van der Waals surface area contributed by atoms with Crippen molar-refractivity contribution in [2.45, 2.75) is 38.5 Å². The van der Waals surface area contributed by atoms with Crippen LogP contribution in [0.15, 0.2) is 18.2 Å². The molecule has 0 heterocycles. The van der Waals surface area contributed by atoms with Crippen LogP contribution in [-0.2, 0) is 4.79 Å². The Hall–Kier alpha value is -1.98. The van der Waals surface area contributed by atoms with Crippen molar-refractivity contribution in [3.05, 3.63) is 29.3 Å². The van der Waals surface area contributed by atoms with Crippen molar-refractivity contribution in [3.63, 3.8) is 0 Å². The van der Waals surface area contributed by atoms with Crippen molar-refractivity contribution < 1.29 is 23.5 Å². The van der Waals surface area contributed by atoms with Gasteiger partial charge in [0.15, 0.2) is 0 Å². The van der Waals surface area contributed by atoms with E-state index < -0.39 is 23.7 Å². The maximum Gasteiger partial charge on any atom is 0.337 e. The normalized spacial score (nSPS) is 18.2. The number of rotatable bonds is 3. The third-order valence-electron chi connectivity index (χ3n) is 3.75. The summed E-state index contributed by atoms with van der Waals surface area (Å²) in [4.78, 5) is 23.3. The zero-order chi connectivity index (χ0) is 15.6. The summed E-state index contributed by atoms with van der Waals surface area (Å²) in [5.41, 5.74) is 0.975. The molecule has 1 saturated carbocycles. The van der Waals surface area contributed by atoms with Gasteiger partial charge in [-0.05, 0) is 31.9 Å². The molecule has 6 heteroatoms. The van der Waals surface area contributed by atoms with Crippen molar-refractivity contribution >= 4 is 17.6 Å². The van der Waals surface area contributed by atoms with Crippen LogP contribution in [0.5, 0.6) is 0 Å². The molecule has 0 saturated heterocycles. The molecule has 0 radical (unpaired) electrons. The van der Waals surface area contributed by atoms with E-state index in [0.29, 0.717) is 0 Å². The summed E-state index contributed by atoms with van der Waals surface area (Å²) in [5, 5.41) is 11.7. The maximum atomic E-state index is 13.1. The SMILES string of the molecule is Cc1ccc(NC(=O)C2CCC(F)(F)CC2)c(C(=O)O)c1. The van der Waals surface area contributed by atoms with E-state index in [0.717, 1.165) is 5.56 Å². The number of hydrogen-bond acceptors (Lipinski definition) is 2. The smallest absolute Gasteiger partial charge is 0.337 e. The van der Waals surface area contributed by atoms with Gasteiger partial charge in [0.05, 0.1) is 11.3 Å². The van der Waals surface area contributed by atoms with E-state index in [-0.39, 0.29) is 36.9 Å². The van der Waals surface area contributed by atoms with Crippen LogP contribution >= 0.6 is 0 Å². The lowest BCUT2D eigenvalue weighted by atomic mass is 9.86. The van der Waals surface area contributed by atoms with Crippen LogP contribution in [0.3, 0.4) is 0 Å². The van der Waals surface area contributed by atoms with Crippen LogP contribution < -0.4 is 5.32 Å². The topological polar surface area (TPSA) is 66.4 Å². The van der Waals surface area contributed by atoms with Crippen LogP contribution in [0.1, 0.15) is 41.6 Å². The average molecular weight is 297 g/mol. The summed E-state index contributed by atoms with van der Waals surface area (Å²) in [6.45, 7) is 1.75. The Kier molecular flexibility index (Phi) is 4.25. The molecule has 1 aliphatic rings. The fourth-order valence-electron chi connectivity index (χ4n) is 2.48. The molecule has 0 aliphatic heterocycles. The van der Waals surface area contributed by atoms with Gasteiger partial charge in [-0.15, -0.1) is 0 Å². The summed E-state index contributed by atoms with van der Waals surface area (Å²) in [6.07, 6.45) is -0.365. The highest BCUT2D eigenvalue weighted by Gasteiger charge is 2.37. The molecule has 0 bridgehead atoms. The lowest BCUT2D eigenvalue weighted by molar-refractivity contribution is -0.124. The molecule has 21 heavy (non-hydrogen) atoms. The molecule has 1 amide bonds. The predicted molar refractivity (Wildman–Crippen MR) is 73.7 cm³/mol. The Morgan fingerprint density at radius 2 is 1.90 bits per heavy atom. The molecule has 0 aromatic heterocycles. The van der Waals surface area contributed by atoms with Gasteiger partial charge in [-0.3, -0.25) is 4.79 Å². The summed E-state index contributed by atoms with van der Waals surface area (Å²) in [5.74, 6) is -4.71. The minimum atomic E-state index is -2.69. The Labute approximate surface area is 121 Å². The monoisotopic (exact) mass is 297 g/mol. The fraction of sp³-hybridized carbons (Fsp3) is 0.467. The molecule has 0 atom stereocenters. The lowest BCUT2D eigenvalue weighted by Gasteiger charge is -2.27. The van der Waals surface area contributed by atoms with Crippen molar-refractivity contribution in [1.29, 1.82) is 0 Å².